The van der Waals surface area contributed by atoms with E-state index in [9.17, 15) is 53.7 Å². The third-order valence-corrected chi connectivity index (χ3v) is 27.1. The number of rotatable bonds is 34. The van der Waals surface area contributed by atoms with Crippen molar-refractivity contribution in [3.8, 4) is 28.9 Å². The molecule has 5 N–H and O–H groups in total. The number of halogens is 1. The number of ketones is 2. The Morgan fingerprint density at radius 2 is 0.984 bits per heavy atom. The summed E-state index contributed by atoms with van der Waals surface area (Å²) in [6.07, 6.45) is 11.3. The fraction of sp³-hybridized carbons (Fsp3) is 0.617. The van der Waals surface area contributed by atoms with Crippen molar-refractivity contribution in [2.75, 3.05) is 103 Å². The second kappa shape index (κ2) is 38.5. The van der Waals surface area contributed by atoms with Crippen LogP contribution >= 0.6 is 11.6 Å². The lowest BCUT2D eigenvalue weighted by Gasteiger charge is -2.35. The van der Waals surface area contributed by atoms with Crippen LogP contribution < -0.4 is 24.8 Å². The van der Waals surface area contributed by atoms with E-state index in [2.05, 4.69) is 52.5 Å². The van der Waals surface area contributed by atoms with Crippen LogP contribution in [-0.2, 0) is 57.3 Å². The number of aliphatic hydroxyl groups is 1. The Morgan fingerprint density at radius 3 is 1.41 bits per heavy atom. The number of benzene rings is 2. The SMILES string of the molecule is C=C[C@@H]1C[C@]1(CC(=O)[C@@H]1CC(Oc2cc(-n3ccc(NC(C)C)n3)nc3cc(OCCN4CCOCC4)ccc23)CN1C(=O)[C@@H](CC(=O)OC1C[C@@H]2C[C@@H]2C1)C(C)(C)C)C(=O)O.C=C[C@@H]1C[C@]1(CC(=O)[C@@H]1C[C@@H](O)CN1C(=O)[C@@H](CC(=O)OC1C[C@@H]2C[C@@H]2C1)C(C)(C)C)C(=O)O.CC(C)Nc1ccn(-c2cc(Cl)c3ccc(OCCN4CCOCC4)cc3n2)n1. The molecule has 6 saturated carbocycles. The van der Waals surface area contributed by atoms with Gasteiger partial charge in [0.25, 0.3) is 0 Å². The first-order valence-corrected chi connectivity index (χ1v) is 45.1. The molecule has 4 aliphatic heterocycles. The smallest absolute Gasteiger partial charge is 0.310 e. The summed E-state index contributed by atoms with van der Waals surface area (Å²) >= 11 is 6.51. The second-order valence-corrected chi connectivity index (χ2v) is 39.3. The van der Waals surface area contributed by atoms with E-state index in [0.29, 0.717) is 114 Å². The van der Waals surface area contributed by atoms with E-state index in [-0.39, 0.29) is 105 Å². The zero-order chi connectivity index (χ0) is 89.1. The standard InChI is InChI=1S/C47H62N6O9.C26H37NO7.C21H26ClN5O2/c1-7-31-25-47(31,45(57)58)26-39(54)38-22-34(27-52(38)44(56)36(46(4,5)6)23-43(55)62-33-19-29-18-30(29)20-33)61-40-24-42(53-11-10-41(50-53)48-28(2)3)49-37-21-32(8-9-35(37)40)60-17-14-51-12-15-59-16-13-51;1-5-16-11-26(16,24(32)33)12-21(29)20-9-17(28)13-27(20)23(31)19(25(2,3)4)10-22(30)34-18-7-14-6-15(14)8-18;1-15(2)23-20-5-6-27(25-20)21-14-18(22)17-4-3-16(13-19(17)24-21)29-12-9-26-7-10-28-11-8-26/h7-11,21,24,28-31,33-34,36,38H,1,12-20,22-23,25-27H2,2-6H3,(H,48,50)(H,57,58);5,14-20,28H,1,6-13H2,2-4H3,(H,32,33);3-6,13-15H,7-12H2,1-2H3,(H,23,25)/t29-,30+,31-,33?,34?,36-,38+,47-;14-,15+,16-,17-,18?,19-,20+,26-;/m11./s1. The number of aliphatic carboxylic acids is 2. The van der Waals surface area contributed by atoms with Crippen LogP contribution in [-0.4, -0.2) is 252 Å². The summed E-state index contributed by atoms with van der Waals surface area (Å²) in [7, 11) is 0. The van der Waals surface area contributed by atoms with Gasteiger partial charge in [-0.05, 0) is 150 Å². The molecule has 2 amide bonds. The summed E-state index contributed by atoms with van der Waals surface area (Å²) in [4.78, 5) is 124. The van der Waals surface area contributed by atoms with Gasteiger partial charge >= 0.3 is 23.9 Å². The van der Waals surface area contributed by atoms with E-state index in [4.69, 9.17) is 59.8 Å². The van der Waals surface area contributed by atoms with E-state index >= 15 is 0 Å². The van der Waals surface area contributed by atoms with Gasteiger partial charge in [-0.2, -0.15) is 0 Å². The van der Waals surface area contributed by atoms with Crippen molar-refractivity contribution < 1.29 is 86.8 Å². The Balaban J connectivity index is 0.000000169. The molecule has 10 fully saturated rings. The number of pyridine rings is 2. The Labute approximate surface area is 736 Å². The Kier molecular flexibility index (Phi) is 28.2. The number of nitrogens with zero attached hydrogens (tertiary/aromatic N) is 10. The molecule has 16 atom stereocenters. The van der Waals surface area contributed by atoms with Crippen LogP contribution in [0.3, 0.4) is 0 Å². The molecule has 6 aliphatic carbocycles. The fourth-order valence-corrected chi connectivity index (χ4v) is 19.4. The summed E-state index contributed by atoms with van der Waals surface area (Å²) in [6, 6.07) is 17.5. The maximum absolute atomic E-state index is 14.9. The van der Waals surface area contributed by atoms with E-state index in [0.717, 1.165) is 101 Å². The van der Waals surface area contributed by atoms with E-state index in [1.165, 1.54) is 22.6 Å². The number of ether oxygens (including phenoxy) is 7. The van der Waals surface area contributed by atoms with Gasteiger partial charge in [-0.15, -0.1) is 23.4 Å². The predicted molar refractivity (Wildman–Crippen MR) is 469 cm³/mol. The molecule has 10 aliphatic rings. The van der Waals surface area contributed by atoms with Gasteiger partial charge in [0.05, 0.1) is 103 Å². The van der Waals surface area contributed by atoms with Gasteiger partial charge in [-0.1, -0.05) is 65.3 Å². The molecule has 125 heavy (non-hydrogen) atoms. The maximum atomic E-state index is 14.9. The van der Waals surface area contributed by atoms with Crippen molar-refractivity contribution in [2.24, 2.45) is 69.0 Å². The van der Waals surface area contributed by atoms with Crippen molar-refractivity contribution in [3.05, 3.63) is 103 Å². The number of carboxylic acid groups (broad SMARTS) is 2. The van der Waals surface area contributed by atoms with Crippen LogP contribution in [0.5, 0.6) is 17.2 Å². The summed E-state index contributed by atoms with van der Waals surface area (Å²) < 4.78 is 44.8. The number of aromatic nitrogens is 6. The number of nitrogens with one attached hydrogen (secondary N) is 2. The van der Waals surface area contributed by atoms with Gasteiger partial charge in [0.2, 0.25) is 11.8 Å². The number of fused-ring (bicyclic) bond motifs is 4. The molecule has 0 bridgehead atoms. The summed E-state index contributed by atoms with van der Waals surface area (Å²) in [5.74, 6) is 0.721. The number of anilines is 2. The highest BCUT2D eigenvalue weighted by Gasteiger charge is 2.63. The highest BCUT2D eigenvalue weighted by Crippen LogP contribution is 2.59. The van der Waals surface area contributed by atoms with Crippen molar-refractivity contribution in [1.29, 1.82) is 0 Å². The molecule has 4 saturated heterocycles. The van der Waals surface area contributed by atoms with Crippen LogP contribution in [0, 0.1) is 69.0 Å². The van der Waals surface area contributed by atoms with Crippen LogP contribution in [0.25, 0.3) is 33.4 Å². The number of Topliss-reactive ketones (excluding diaryl/α,β-unsaturated/α-hetero) is 2. The molecule has 4 aromatic heterocycles. The van der Waals surface area contributed by atoms with Crippen LogP contribution in [0.15, 0.2) is 98.4 Å². The van der Waals surface area contributed by atoms with Gasteiger partial charge in [0.1, 0.15) is 60.4 Å². The molecule has 3 unspecified atom stereocenters. The third-order valence-electron chi connectivity index (χ3n) is 26.8. The minimum absolute atomic E-state index is 0.00614. The molecule has 30 nitrogen and oxygen atoms in total. The molecule has 676 valence electrons. The number of aliphatic hydroxyl groups excluding tert-OH is 1. The monoisotopic (exact) mass is 1740 g/mol. The average Bonchev–Trinajstić information content (AvgIpc) is 1.58. The number of carbonyl (C=O) groups is 8. The second-order valence-electron chi connectivity index (χ2n) is 38.9. The number of morpholine rings is 2. The lowest BCUT2D eigenvalue weighted by atomic mass is 9.77. The molecule has 0 spiro atoms. The largest absolute Gasteiger partial charge is 0.492 e. The Morgan fingerprint density at radius 1 is 0.560 bits per heavy atom. The van der Waals surface area contributed by atoms with Crippen molar-refractivity contribution in [2.45, 2.75) is 208 Å². The van der Waals surface area contributed by atoms with Crippen molar-refractivity contribution >= 4 is 92.3 Å². The number of carbonyl (C=O) groups excluding carboxylic acids is 6. The molecule has 2 aromatic carbocycles. The van der Waals surface area contributed by atoms with Crippen molar-refractivity contribution in [1.82, 2.24) is 49.1 Å². The molecule has 16 rings (SSSR count). The number of hydrogen-bond acceptors (Lipinski definition) is 24. The lowest BCUT2D eigenvalue weighted by Crippen LogP contribution is -2.48. The van der Waals surface area contributed by atoms with E-state index < -0.39 is 81.7 Å². The fourth-order valence-electron chi connectivity index (χ4n) is 19.1. The average molecular weight is 1750 g/mol. The van der Waals surface area contributed by atoms with Gasteiger partial charge in [0.15, 0.2) is 23.2 Å². The summed E-state index contributed by atoms with van der Waals surface area (Å²) in [6.45, 7) is 36.5. The number of allylic oxidation sites excluding steroid dienone is 2. The normalized spacial score (nSPS) is 27.2. The number of carboxylic acids is 2. The zero-order valence-electron chi connectivity index (χ0n) is 73.8. The number of hydrogen-bond donors (Lipinski definition) is 5. The molecular weight excluding hydrogens is 1620 g/mol. The van der Waals surface area contributed by atoms with E-state index in [1.54, 1.807) is 27.6 Å². The van der Waals surface area contributed by atoms with Crippen molar-refractivity contribution in [3.63, 3.8) is 0 Å². The van der Waals surface area contributed by atoms with Gasteiger partial charge in [-0.25, -0.2) is 19.3 Å². The van der Waals surface area contributed by atoms with Gasteiger partial charge in [0, 0.05) is 143 Å². The first-order chi connectivity index (χ1) is 59.5. The third kappa shape index (κ3) is 22.3. The maximum Gasteiger partial charge on any atom is 0.310 e. The first kappa shape index (κ1) is 91.6. The highest BCUT2D eigenvalue weighted by atomic mass is 35.5. The number of β-amino-alcohol motifs (C(OH)–C–C–N with tert-alkyl or cyclic N) is 1. The molecule has 6 aromatic rings. The van der Waals surface area contributed by atoms with Crippen LogP contribution in [0.1, 0.15) is 159 Å². The Bertz CT molecular complexity index is 4930. The predicted octanol–water partition coefficient (Wildman–Crippen LogP) is 12.1. The highest BCUT2D eigenvalue weighted by molar-refractivity contribution is 6.35. The Hall–Kier alpha value is -9.59. The topological polar surface area (TPSA) is 360 Å². The van der Waals surface area contributed by atoms with Crippen LogP contribution in [0.2, 0.25) is 5.02 Å². The lowest BCUT2D eigenvalue weighted by molar-refractivity contribution is -0.157. The van der Waals surface area contributed by atoms with Crippen LogP contribution in [0.4, 0.5) is 11.6 Å². The molecule has 0 radical (unpaired) electrons. The summed E-state index contributed by atoms with van der Waals surface area (Å²) in [5, 5.41) is 48.3. The van der Waals surface area contributed by atoms with Gasteiger partial charge in [-0.3, -0.25) is 48.2 Å². The number of esters is 2. The molecule has 8 heterocycles. The summed E-state index contributed by atoms with van der Waals surface area (Å²) in [5.41, 5.74) is -2.26. The zero-order valence-corrected chi connectivity index (χ0v) is 74.6. The number of amides is 2. The minimum Gasteiger partial charge on any atom is -0.492 e. The molecular formula is C94H125ClN12O18. The number of likely N-dealkylation sites (tertiary alicyclic amines) is 2. The van der Waals surface area contributed by atoms with Gasteiger partial charge < -0.3 is 68.9 Å². The minimum atomic E-state index is -1.26. The quantitative estimate of drug-likeness (QED) is 0.0185. The van der Waals surface area contributed by atoms with E-state index in [1.807, 2.05) is 122 Å². The first-order valence-electron chi connectivity index (χ1n) is 44.7. The molecule has 31 heteroatoms.